The Labute approximate surface area is 155 Å². The first-order chi connectivity index (χ1) is 12.6. The molecule has 3 heterocycles. The average molecular weight is 352 g/mol. The summed E-state index contributed by atoms with van der Waals surface area (Å²) in [7, 11) is 0. The monoisotopic (exact) mass is 352 g/mol. The molecule has 0 aromatic heterocycles. The van der Waals surface area contributed by atoms with E-state index in [1.54, 1.807) is 6.08 Å². The van der Waals surface area contributed by atoms with E-state index in [-0.39, 0.29) is 5.91 Å². The van der Waals surface area contributed by atoms with Crippen LogP contribution in [0.25, 0.3) is 5.70 Å². The van der Waals surface area contributed by atoms with Crippen molar-refractivity contribution in [3.63, 3.8) is 0 Å². The fraction of sp³-hybridized carbons (Fsp3) is 0.476. The summed E-state index contributed by atoms with van der Waals surface area (Å²) < 4.78 is 0. The molecule has 1 fully saturated rings. The predicted molar refractivity (Wildman–Crippen MR) is 103 cm³/mol. The Kier molecular flexibility index (Phi) is 4.83. The summed E-state index contributed by atoms with van der Waals surface area (Å²) in [5.74, 6) is 1.60. The third-order valence-electron chi connectivity index (χ3n) is 5.68. The average Bonchev–Trinajstić information content (AvgIpc) is 3.06. The number of carbonyl (C=O) groups is 1. The SMILES string of the molecule is CC(C)N1CCC(CN2CC=C3NC(c4ccccc4)=CC(=O)N32)CC1. The molecule has 0 saturated carbocycles. The van der Waals surface area contributed by atoms with Gasteiger partial charge in [-0.05, 0) is 57.3 Å². The Balaban J connectivity index is 1.41. The molecule has 1 amide bonds. The van der Waals surface area contributed by atoms with Crippen molar-refractivity contribution in [2.45, 2.75) is 32.7 Å². The molecule has 1 aromatic rings. The second-order valence-corrected chi connectivity index (χ2v) is 7.73. The molecule has 1 saturated heterocycles. The maximum atomic E-state index is 12.8. The van der Waals surface area contributed by atoms with Crippen LogP contribution in [0.2, 0.25) is 0 Å². The smallest absolute Gasteiger partial charge is 0.268 e. The summed E-state index contributed by atoms with van der Waals surface area (Å²) in [5.41, 5.74) is 1.92. The number of likely N-dealkylation sites (tertiary alicyclic amines) is 1. The molecular formula is C21H28N4O. The van der Waals surface area contributed by atoms with Gasteiger partial charge in [0.05, 0.1) is 5.70 Å². The van der Waals surface area contributed by atoms with Crippen molar-refractivity contribution >= 4 is 11.6 Å². The van der Waals surface area contributed by atoms with Crippen LogP contribution in [0, 0.1) is 5.92 Å². The number of nitrogens with one attached hydrogen (secondary N) is 1. The van der Waals surface area contributed by atoms with E-state index in [9.17, 15) is 4.79 Å². The molecule has 1 N–H and O–H groups in total. The molecule has 0 aliphatic carbocycles. The van der Waals surface area contributed by atoms with Gasteiger partial charge in [0.2, 0.25) is 0 Å². The molecule has 138 valence electrons. The van der Waals surface area contributed by atoms with E-state index in [0.717, 1.165) is 30.2 Å². The molecular weight excluding hydrogens is 324 g/mol. The Morgan fingerprint density at radius 2 is 1.88 bits per heavy atom. The van der Waals surface area contributed by atoms with E-state index in [1.807, 2.05) is 35.3 Å². The number of benzene rings is 1. The standard InChI is InChI=1S/C21H28N4O/c1-16(2)23-11-8-17(9-12-23)15-24-13-10-20-22-19(14-21(26)25(20)24)18-6-4-3-5-7-18/h3-7,10,14,16-17,22H,8-9,11-13,15H2,1-2H3. The summed E-state index contributed by atoms with van der Waals surface area (Å²) in [6.45, 7) is 8.63. The zero-order chi connectivity index (χ0) is 18.1. The van der Waals surface area contributed by atoms with Crippen molar-refractivity contribution in [1.29, 1.82) is 0 Å². The number of carbonyl (C=O) groups excluding carboxylic acids is 1. The number of fused-ring (bicyclic) bond motifs is 1. The van der Waals surface area contributed by atoms with Gasteiger partial charge in [-0.25, -0.2) is 10.0 Å². The first kappa shape index (κ1) is 17.3. The van der Waals surface area contributed by atoms with E-state index in [4.69, 9.17) is 0 Å². The van der Waals surface area contributed by atoms with E-state index >= 15 is 0 Å². The van der Waals surface area contributed by atoms with Crippen molar-refractivity contribution < 1.29 is 4.79 Å². The Bertz CT molecular complexity index is 717. The van der Waals surface area contributed by atoms with Crippen LogP contribution >= 0.6 is 0 Å². The highest BCUT2D eigenvalue weighted by molar-refractivity contribution is 5.98. The van der Waals surface area contributed by atoms with E-state index in [1.165, 1.54) is 25.9 Å². The number of amides is 1. The number of hydrogen-bond acceptors (Lipinski definition) is 4. The first-order valence-corrected chi connectivity index (χ1v) is 9.69. The lowest BCUT2D eigenvalue weighted by molar-refractivity contribution is -0.138. The lowest BCUT2D eigenvalue weighted by Gasteiger charge is -2.39. The van der Waals surface area contributed by atoms with Gasteiger partial charge >= 0.3 is 0 Å². The number of hydrazine groups is 1. The van der Waals surface area contributed by atoms with Gasteiger partial charge < -0.3 is 10.2 Å². The Morgan fingerprint density at radius 1 is 1.15 bits per heavy atom. The van der Waals surface area contributed by atoms with E-state index in [2.05, 4.69) is 35.1 Å². The van der Waals surface area contributed by atoms with Crippen molar-refractivity contribution in [2.75, 3.05) is 26.2 Å². The van der Waals surface area contributed by atoms with Gasteiger partial charge in [0.15, 0.2) is 0 Å². The molecule has 4 rings (SSSR count). The van der Waals surface area contributed by atoms with E-state index < -0.39 is 0 Å². The molecule has 0 atom stereocenters. The number of hydrogen-bond donors (Lipinski definition) is 1. The van der Waals surface area contributed by atoms with Crippen LogP contribution in [0.3, 0.4) is 0 Å². The van der Waals surface area contributed by atoms with Gasteiger partial charge in [-0.3, -0.25) is 4.79 Å². The lowest BCUT2D eigenvalue weighted by Crippen LogP contribution is -2.49. The van der Waals surface area contributed by atoms with Crippen LogP contribution < -0.4 is 5.32 Å². The topological polar surface area (TPSA) is 38.8 Å². The molecule has 1 aromatic carbocycles. The summed E-state index contributed by atoms with van der Waals surface area (Å²) >= 11 is 0. The molecule has 5 heteroatoms. The number of rotatable bonds is 4. The van der Waals surface area contributed by atoms with Gasteiger partial charge in [-0.2, -0.15) is 0 Å². The van der Waals surface area contributed by atoms with Crippen LogP contribution in [-0.2, 0) is 4.79 Å². The maximum Gasteiger partial charge on any atom is 0.268 e. The second-order valence-electron chi connectivity index (χ2n) is 7.73. The summed E-state index contributed by atoms with van der Waals surface area (Å²) in [5, 5.41) is 7.44. The normalized spacial score (nSPS) is 22.3. The quantitative estimate of drug-likeness (QED) is 0.904. The summed E-state index contributed by atoms with van der Waals surface area (Å²) in [6.07, 6.45) is 6.26. The summed E-state index contributed by atoms with van der Waals surface area (Å²) in [4.78, 5) is 15.3. The highest BCUT2D eigenvalue weighted by Gasteiger charge is 2.34. The van der Waals surface area contributed by atoms with Gasteiger partial charge in [-0.15, -0.1) is 0 Å². The second kappa shape index (κ2) is 7.25. The first-order valence-electron chi connectivity index (χ1n) is 9.69. The number of nitrogens with zero attached hydrogens (tertiary/aromatic N) is 3. The molecule has 0 spiro atoms. The largest absolute Gasteiger partial charge is 0.340 e. The van der Waals surface area contributed by atoms with Crippen LogP contribution in [0.5, 0.6) is 0 Å². The fourth-order valence-corrected chi connectivity index (χ4v) is 4.11. The zero-order valence-corrected chi connectivity index (χ0v) is 15.7. The highest BCUT2D eigenvalue weighted by Crippen LogP contribution is 2.28. The minimum absolute atomic E-state index is 0.0472. The van der Waals surface area contributed by atoms with Crippen LogP contribution in [0.15, 0.2) is 48.3 Å². The molecule has 0 bridgehead atoms. The molecule has 0 unspecified atom stereocenters. The lowest BCUT2D eigenvalue weighted by atomic mass is 9.96. The maximum absolute atomic E-state index is 12.8. The minimum atomic E-state index is 0.0472. The number of piperidine rings is 1. The van der Waals surface area contributed by atoms with Crippen LogP contribution in [-0.4, -0.2) is 53.0 Å². The molecule has 0 radical (unpaired) electrons. The van der Waals surface area contributed by atoms with Crippen molar-refractivity contribution in [2.24, 2.45) is 5.92 Å². The molecule has 3 aliphatic rings. The Hall–Kier alpha value is -2.11. The Morgan fingerprint density at radius 3 is 2.58 bits per heavy atom. The predicted octanol–water partition coefficient (Wildman–Crippen LogP) is 2.65. The van der Waals surface area contributed by atoms with Crippen molar-refractivity contribution in [3.05, 3.63) is 53.9 Å². The van der Waals surface area contributed by atoms with E-state index in [0.29, 0.717) is 12.0 Å². The van der Waals surface area contributed by atoms with Gasteiger partial charge in [-0.1, -0.05) is 30.3 Å². The van der Waals surface area contributed by atoms with Crippen LogP contribution in [0.4, 0.5) is 0 Å². The molecule has 5 nitrogen and oxygen atoms in total. The van der Waals surface area contributed by atoms with Gasteiger partial charge in [0, 0.05) is 25.2 Å². The van der Waals surface area contributed by atoms with Crippen LogP contribution in [0.1, 0.15) is 32.3 Å². The third kappa shape index (κ3) is 3.41. The zero-order valence-electron chi connectivity index (χ0n) is 15.7. The van der Waals surface area contributed by atoms with Gasteiger partial charge in [0.25, 0.3) is 5.91 Å². The summed E-state index contributed by atoms with van der Waals surface area (Å²) in [6, 6.07) is 10.7. The fourth-order valence-electron chi connectivity index (χ4n) is 4.11. The van der Waals surface area contributed by atoms with Gasteiger partial charge in [0.1, 0.15) is 5.82 Å². The van der Waals surface area contributed by atoms with Crippen molar-refractivity contribution in [3.8, 4) is 0 Å². The van der Waals surface area contributed by atoms with Crippen molar-refractivity contribution in [1.82, 2.24) is 20.2 Å². The molecule has 26 heavy (non-hydrogen) atoms. The minimum Gasteiger partial charge on any atom is -0.340 e. The molecule has 3 aliphatic heterocycles. The highest BCUT2D eigenvalue weighted by atomic mass is 16.2. The third-order valence-corrected chi connectivity index (χ3v) is 5.68.